The highest BCUT2D eigenvalue weighted by atomic mass is 16.2. The van der Waals surface area contributed by atoms with Crippen molar-refractivity contribution in [3.63, 3.8) is 0 Å². The number of nitrogens with zero attached hydrogens (tertiary/aromatic N) is 2. The Kier molecular flexibility index (Phi) is 6.00. The van der Waals surface area contributed by atoms with Gasteiger partial charge in [-0.05, 0) is 67.4 Å². The molecule has 0 bridgehead atoms. The van der Waals surface area contributed by atoms with E-state index in [1.807, 2.05) is 36.4 Å². The number of benzene rings is 2. The molecule has 3 aromatic rings. The van der Waals surface area contributed by atoms with E-state index < -0.39 is 5.91 Å². The number of fused-ring (bicyclic) bond motifs is 1. The van der Waals surface area contributed by atoms with Crippen LogP contribution in [0.1, 0.15) is 40.7 Å². The largest absolute Gasteiger partial charge is 0.361 e. The molecule has 2 aliphatic rings. The average Bonchev–Trinajstić information content (AvgIpc) is 2.86. The molecule has 0 spiro atoms. The zero-order valence-corrected chi connectivity index (χ0v) is 18.4. The van der Waals surface area contributed by atoms with Crippen molar-refractivity contribution in [1.82, 2.24) is 15.2 Å². The van der Waals surface area contributed by atoms with Crippen LogP contribution in [0.3, 0.4) is 0 Å². The standard InChI is InChI=1S/C27H26N4O2/c32-26-23-11-8-20(21-5-4-12-28-16-21)15-24(23)25(27(33)30-26)17-29-22-9-6-19(7-10-22)18-31-13-2-1-3-14-31/h4-12,15-17,29H,1-3,13-14,18H2,(H,30,32,33)/b25-17-. The minimum Gasteiger partial charge on any atom is -0.361 e. The summed E-state index contributed by atoms with van der Waals surface area (Å²) in [7, 11) is 0. The SMILES string of the molecule is O=C1NC(=O)c2ccc(-c3cccnc3)cc2/C1=C/Nc1ccc(CN2CCCCC2)cc1. The Morgan fingerprint density at radius 3 is 2.48 bits per heavy atom. The molecule has 5 rings (SSSR count). The van der Waals surface area contributed by atoms with Crippen LogP contribution >= 0.6 is 0 Å². The summed E-state index contributed by atoms with van der Waals surface area (Å²) in [4.78, 5) is 31.7. The van der Waals surface area contributed by atoms with E-state index in [4.69, 9.17) is 0 Å². The number of pyridine rings is 1. The van der Waals surface area contributed by atoms with Gasteiger partial charge in [-0.2, -0.15) is 0 Å². The number of likely N-dealkylation sites (tertiary alicyclic amines) is 1. The summed E-state index contributed by atoms with van der Waals surface area (Å²) in [5.41, 5.74) is 5.51. The van der Waals surface area contributed by atoms with Gasteiger partial charge < -0.3 is 5.32 Å². The number of hydrogen-bond donors (Lipinski definition) is 2. The molecule has 0 saturated carbocycles. The van der Waals surface area contributed by atoms with E-state index in [2.05, 4.69) is 32.7 Å². The lowest BCUT2D eigenvalue weighted by Crippen LogP contribution is -2.36. The molecule has 2 amide bonds. The number of amides is 2. The first-order valence-electron chi connectivity index (χ1n) is 11.4. The van der Waals surface area contributed by atoms with Gasteiger partial charge in [0.2, 0.25) is 0 Å². The zero-order valence-electron chi connectivity index (χ0n) is 18.4. The molecule has 0 atom stereocenters. The molecule has 166 valence electrons. The van der Waals surface area contributed by atoms with Gasteiger partial charge in [-0.3, -0.25) is 24.8 Å². The Morgan fingerprint density at radius 2 is 1.73 bits per heavy atom. The number of rotatable bonds is 5. The highest BCUT2D eigenvalue weighted by molar-refractivity contribution is 6.31. The van der Waals surface area contributed by atoms with Crippen LogP contribution in [0.5, 0.6) is 0 Å². The first-order chi connectivity index (χ1) is 16.2. The van der Waals surface area contributed by atoms with Crippen molar-refractivity contribution < 1.29 is 9.59 Å². The van der Waals surface area contributed by atoms with E-state index in [0.29, 0.717) is 16.7 Å². The molecule has 0 aliphatic carbocycles. The van der Waals surface area contributed by atoms with Crippen LogP contribution in [0.4, 0.5) is 5.69 Å². The van der Waals surface area contributed by atoms with Gasteiger partial charge in [-0.15, -0.1) is 0 Å². The van der Waals surface area contributed by atoms with Crippen LogP contribution in [-0.2, 0) is 11.3 Å². The molecular formula is C27H26N4O2. The fourth-order valence-corrected chi connectivity index (χ4v) is 4.42. The molecule has 1 saturated heterocycles. The highest BCUT2D eigenvalue weighted by Gasteiger charge is 2.27. The van der Waals surface area contributed by atoms with E-state index in [0.717, 1.165) is 23.4 Å². The van der Waals surface area contributed by atoms with Gasteiger partial charge in [0.05, 0.1) is 5.57 Å². The quantitative estimate of drug-likeness (QED) is 0.455. The molecule has 3 heterocycles. The van der Waals surface area contributed by atoms with Crippen LogP contribution in [-0.4, -0.2) is 34.8 Å². The molecule has 2 N–H and O–H groups in total. The molecule has 33 heavy (non-hydrogen) atoms. The van der Waals surface area contributed by atoms with Gasteiger partial charge in [0.15, 0.2) is 0 Å². The lowest BCUT2D eigenvalue weighted by molar-refractivity contribution is -0.114. The normalized spacial score (nSPS) is 17.5. The number of carbonyl (C=O) groups is 2. The smallest absolute Gasteiger partial charge is 0.260 e. The van der Waals surface area contributed by atoms with Crippen molar-refractivity contribution in [2.24, 2.45) is 0 Å². The molecule has 0 unspecified atom stereocenters. The van der Waals surface area contributed by atoms with Crippen molar-refractivity contribution in [3.8, 4) is 11.1 Å². The topological polar surface area (TPSA) is 74.3 Å². The Labute approximate surface area is 193 Å². The van der Waals surface area contributed by atoms with E-state index in [1.54, 1.807) is 24.7 Å². The second kappa shape index (κ2) is 9.38. The highest BCUT2D eigenvalue weighted by Crippen LogP contribution is 2.29. The van der Waals surface area contributed by atoms with E-state index in [9.17, 15) is 9.59 Å². The number of anilines is 1. The fourth-order valence-electron chi connectivity index (χ4n) is 4.42. The summed E-state index contributed by atoms with van der Waals surface area (Å²) in [6.07, 6.45) is 9.04. The molecule has 2 aromatic carbocycles. The van der Waals surface area contributed by atoms with Gasteiger partial charge >= 0.3 is 0 Å². The van der Waals surface area contributed by atoms with Crippen molar-refractivity contribution in [1.29, 1.82) is 0 Å². The Balaban J connectivity index is 1.37. The Hall–Kier alpha value is -3.77. The van der Waals surface area contributed by atoms with Gasteiger partial charge in [0, 0.05) is 47.5 Å². The lowest BCUT2D eigenvalue weighted by Gasteiger charge is -2.26. The number of hydrogen-bond acceptors (Lipinski definition) is 5. The fraction of sp³-hybridized carbons (Fsp3) is 0.222. The molecule has 1 fully saturated rings. The van der Waals surface area contributed by atoms with E-state index >= 15 is 0 Å². The summed E-state index contributed by atoms with van der Waals surface area (Å²) < 4.78 is 0. The van der Waals surface area contributed by atoms with Crippen LogP contribution in [0.15, 0.2) is 73.2 Å². The van der Waals surface area contributed by atoms with Gasteiger partial charge in [-0.25, -0.2) is 0 Å². The number of aromatic nitrogens is 1. The van der Waals surface area contributed by atoms with Crippen molar-refractivity contribution >= 4 is 23.1 Å². The summed E-state index contributed by atoms with van der Waals surface area (Å²) in [6, 6.07) is 17.6. The molecule has 6 nitrogen and oxygen atoms in total. The minimum absolute atomic E-state index is 0.382. The lowest BCUT2D eigenvalue weighted by atomic mass is 9.92. The third-order valence-corrected chi connectivity index (χ3v) is 6.21. The predicted molar refractivity (Wildman–Crippen MR) is 129 cm³/mol. The maximum atomic E-state index is 12.7. The maximum Gasteiger partial charge on any atom is 0.260 e. The Bertz CT molecular complexity index is 1200. The minimum atomic E-state index is -0.412. The summed E-state index contributed by atoms with van der Waals surface area (Å²) in [5.74, 6) is -0.794. The van der Waals surface area contributed by atoms with Crippen molar-refractivity contribution in [2.75, 3.05) is 18.4 Å². The van der Waals surface area contributed by atoms with Crippen LogP contribution < -0.4 is 10.6 Å². The van der Waals surface area contributed by atoms with Crippen molar-refractivity contribution in [3.05, 3.63) is 89.9 Å². The first kappa shape index (κ1) is 21.1. The van der Waals surface area contributed by atoms with Crippen molar-refractivity contribution in [2.45, 2.75) is 25.8 Å². The number of piperidine rings is 1. The molecule has 2 aliphatic heterocycles. The second-order valence-electron chi connectivity index (χ2n) is 8.52. The van der Waals surface area contributed by atoms with E-state index in [1.165, 1.54) is 37.9 Å². The van der Waals surface area contributed by atoms with Gasteiger partial charge in [0.1, 0.15) is 0 Å². The van der Waals surface area contributed by atoms with Crippen LogP contribution in [0.2, 0.25) is 0 Å². The van der Waals surface area contributed by atoms with E-state index in [-0.39, 0.29) is 5.91 Å². The van der Waals surface area contributed by atoms with Crippen LogP contribution in [0.25, 0.3) is 16.7 Å². The number of carbonyl (C=O) groups excluding carboxylic acids is 2. The maximum absolute atomic E-state index is 12.7. The Morgan fingerprint density at radius 1 is 0.909 bits per heavy atom. The van der Waals surface area contributed by atoms with Gasteiger partial charge in [0.25, 0.3) is 11.8 Å². The molecule has 0 radical (unpaired) electrons. The monoisotopic (exact) mass is 438 g/mol. The third kappa shape index (κ3) is 4.71. The molecule has 1 aromatic heterocycles. The number of imide groups is 1. The zero-order chi connectivity index (χ0) is 22.6. The summed E-state index contributed by atoms with van der Waals surface area (Å²) >= 11 is 0. The number of nitrogens with one attached hydrogen (secondary N) is 2. The summed E-state index contributed by atoms with van der Waals surface area (Å²) in [5, 5.41) is 5.66. The predicted octanol–water partition coefficient (Wildman–Crippen LogP) is 4.46. The van der Waals surface area contributed by atoms with Gasteiger partial charge in [-0.1, -0.05) is 30.7 Å². The second-order valence-corrected chi connectivity index (χ2v) is 8.52. The first-order valence-corrected chi connectivity index (χ1v) is 11.4. The van der Waals surface area contributed by atoms with Crippen LogP contribution in [0, 0.1) is 0 Å². The third-order valence-electron chi connectivity index (χ3n) is 6.21. The summed E-state index contributed by atoms with van der Waals surface area (Å²) in [6.45, 7) is 3.30. The average molecular weight is 439 g/mol. The molecular weight excluding hydrogens is 412 g/mol. The molecule has 6 heteroatoms.